The lowest BCUT2D eigenvalue weighted by Crippen LogP contribution is -2.15. The Kier molecular flexibility index (Phi) is 7.27. The van der Waals surface area contributed by atoms with Crippen LogP contribution >= 0.6 is 7.80 Å². The van der Waals surface area contributed by atoms with Gasteiger partial charge in [-0.1, -0.05) is 42.7 Å². The molecule has 0 saturated carbocycles. The SMILES string of the molecule is CC[P+](=O)CC(CCNC)c1ccccc1C(C)C. The third-order valence-electron chi connectivity index (χ3n) is 3.58. The molecule has 1 aromatic carbocycles. The van der Waals surface area contributed by atoms with Crippen LogP contribution in [0.2, 0.25) is 0 Å². The fourth-order valence-electron chi connectivity index (χ4n) is 2.45. The molecule has 0 heterocycles. The normalized spacial score (nSPS) is 13.6. The van der Waals surface area contributed by atoms with E-state index in [1.807, 2.05) is 14.0 Å². The summed E-state index contributed by atoms with van der Waals surface area (Å²) in [5, 5.41) is 3.21. The second-order valence-corrected chi connectivity index (χ2v) is 7.31. The van der Waals surface area contributed by atoms with Gasteiger partial charge in [0.25, 0.3) is 0 Å². The Morgan fingerprint density at radius 3 is 2.37 bits per heavy atom. The summed E-state index contributed by atoms with van der Waals surface area (Å²) in [4.78, 5) is 0. The summed E-state index contributed by atoms with van der Waals surface area (Å²) in [7, 11) is 0.910. The maximum Gasteiger partial charge on any atom is 0.339 e. The van der Waals surface area contributed by atoms with E-state index in [-0.39, 0.29) is 0 Å². The van der Waals surface area contributed by atoms with Crippen LogP contribution in [0.4, 0.5) is 0 Å². The van der Waals surface area contributed by atoms with E-state index in [9.17, 15) is 4.57 Å². The molecule has 0 fully saturated rings. The second kappa shape index (κ2) is 8.45. The average Bonchev–Trinajstić information content (AvgIpc) is 2.43. The minimum Gasteiger partial charge on any atom is -0.320 e. The lowest BCUT2D eigenvalue weighted by Gasteiger charge is -2.19. The predicted octanol–water partition coefficient (Wildman–Crippen LogP) is 4.35. The molecule has 2 atom stereocenters. The Bertz CT molecular complexity index is 403. The van der Waals surface area contributed by atoms with Gasteiger partial charge in [0, 0.05) is 5.92 Å². The van der Waals surface area contributed by atoms with Crippen molar-refractivity contribution >= 4 is 7.80 Å². The van der Waals surface area contributed by atoms with Crippen molar-refractivity contribution in [2.24, 2.45) is 0 Å². The van der Waals surface area contributed by atoms with Crippen LogP contribution in [0.1, 0.15) is 50.2 Å². The van der Waals surface area contributed by atoms with Gasteiger partial charge in [-0.2, -0.15) is 0 Å². The molecular formula is C16H27NOP+. The maximum atomic E-state index is 12.0. The van der Waals surface area contributed by atoms with E-state index in [0.29, 0.717) is 11.8 Å². The molecule has 3 heteroatoms. The topological polar surface area (TPSA) is 29.1 Å². The average molecular weight is 280 g/mol. The minimum atomic E-state index is -1.07. The molecule has 0 aromatic heterocycles. The molecule has 2 unspecified atom stereocenters. The molecule has 0 bridgehead atoms. The third-order valence-corrected chi connectivity index (χ3v) is 5.13. The molecule has 2 nitrogen and oxygen atoms in total. The molecular weight excluding hydrogens is 253 g/mol. The van der Waals surface area contributed by atoms with Gasteiger partial charge in [0.1, 0.15) is 6.16 Å². The summed E-state index contributed by atoms with van der Waals surface area (Å²) in [6, 6.07) is 8.64. The molecule has 0 aliphatic carbocycles. The zero-order valence-corrected chi connectivity index (χ0v) is 13.5. The predicted molar refractivity (Wildman–Crippen MR) is 84.8 cm³/mol. The van der Waals surface area contributed by atoms with Crippen LogP contribution in [0.15, 0.2) is 24.3 Å². The summed E-state index contributed by atoms with van der Waals surface area (Å²) in [6.45, 7) is 7.45. The Morgan fingerprint density at radius 1 is 1.21 bits per heavy atom. The second-order valence-electron chi connectivity index (χ2n) is 5.35. The molecule has 0 aliphatic heterocycles. The molecule has 0 amide bonds. The Balaban J connectivity index is 2.98. The first-order chi connectivity index (χ1) is 9.10. The van der Waals surface area contributed by atoms with Crippen LogP contribution in [-0.4, -0.2) is 25.9 Å². The number of hydrogen-bond donors (Lipinski definition) is 1. The molecule has 1 rings (SSSR count). The zero-order chi connectivity index (χ0) is 14.3. The molecule has 0 spiro atoms. The highest BCUT2D eigenvalue weighted by Gasteiger charge is 2.24. The largest absolute Gasteiger partial charge is 0.339 e. The lowest BCUT2D eigenvalue weighted by atomic mass is 9.88. The van der Waals surface area contributed by atoms with E-state index < -0.39 is 7.80 Å². The fourth-order valence-corrected chi connectivity index (χ4v) is 3.58. The van der Waals surface area contributed by atoms with Crippen LogP contribution in [0.3, 0.4) is 0 Å². The van der Waals surface area contributed by atoms with Crippen LogP contribution in [0, 0.1) is 0 Å². The fraction of sp³-hybridized carbons (Fsp3) is 0.625. The number of rotatable bonds is 8. The van der Waals surface area contributed by atoms with Gasteiger partial charge in [-0.3, -0.25) is 0 Å². The van der Waals surface area contributed by atoms with E-state index in [1.54, 1.807) is 0 Å². The highest BCUT2D eigenvalue weighted by molar-refractivity contribution is 7.44. The van der Waals surface area contributed by atoms with Crippen molar-refractivity contribution in [3.63, 3.8) is 0 Å². The third kappa shape index (κ3) is 5.04. The van der Waals surface area contributed by atoms with Crippen LogP contribution in [0.5, 0.6) is 0 Å². The minimum absolute atomic E-state index is 0.412. The van der Waals surface area contributed by atoms with Crippen LogP contribution in [-0.2, 0) is 4.57 Å². The molecule has 106 valence electrons. The number of benzene rings is 1. The van der Waals surface area contributed by atoms with Crippen molar-refractivity contribution in [1.82, 2.24) is 5.32 Å². The van der Waals surface area contributed by atoms with Crippen molar-refractivity contribution in [2.75, 3.05) is 25.9 Å². The number of hydrogen-bond acceptors (Lipinski definition) is 2. The van der Waals surface area contributed by atoms with E-state index in [0.717, 1.165) is 25.3 Å². The van der Waals surface area contributed by atoms with Gasteiger partial charge in [0.15, 0.2) is 6.16 Å². The maximum absolute atomic E-state index is 12.0. The molecule has 0 saturated heterocycles. The van der Waals surface area contributed by atoms with E-state index in [2.05, 4.69) is 43.4 Å². The lowest BCUT2D eigenvalue weighted by molar-refractivity contribution is 0.574. The van der Waals surface area contributed by atoms with Gasteiger partial charge in [0.2, 0.25) is 0 Å². The summed E-state index contributed by atoms with van der Waals surface area (Å²) in [6.07, 6.45) is 2.66. The molecule has 19 heavy (non-hydrogen) atoms. The van der Waals surface area contributed by atoms with E-state index in [1.165, 1.54) is 11.1 Å². The Morgan fingerprint density at radius 2 is 1.84 bits per heavy atom. The van der Waals surface area contributed by atoms with Crippen molar-refractivity contribution < 1.29 is 4.57 Å². The summed E-state index contributed by atoms with van der Waals surface area (Å²) >= 11 is 0. The van der Waals surface area contributed by atoms with Crippen LogP contribution in [0.25, 0.3) is 0 Å². The zero-order valence-electron chi connectivity index (χ0n) is 12.6. The summed E-state index contributed by atoms with van der Waals surface area (Å²) < 4.78 is 12.0. The molecule has 0 aliphatic rings. The van der Waals surface area contributed by atoms with E-state index >= 15 is 0 Å². The van der Waals surface area contributed by atoms with E-state index in [4.69, 9.17) is 0 Å². The van der Waals surface area contributed by atoms with Crippen molar-refractivity contribution in [3.05, 3.63) is 35.4 Å². The van der Waals surface area contributed by atoms with Gasteiger partial charge in [-0.05, 0) is 44.0 Å². The summed E-state index contributed by atoms with van der Waals surface area (Å²) in [5.41, 5.74) is 2.80. The molecule has 1 aromatic rings. The van der Waals surface area contributed by atoms with Gasteiger partial charge >= 0.3 is 7.80 Å². The smallest absolute Gasteiger partial charge is 0.320 e. The van der Waals surface area contributed by atoms with Gasteiger partial charge in [0.05, 0.1) is 0 Å². The van der Waals surface area contributed by atoms with Crippen molar-refractivity contribution in [3.8, 4) is 0 Å². The van der Waals surface area contributed by atoms with Crippen LogP contribution < -0.4 is 5.32 Å². The van der Waals surface area contributed by atoms with Crippen molar-refractivity contribution in [1.29, 1.82) is 0 Å². The first-order valence-electron chi connectivity index (χ1n) is 7.25. The number of nitrogens with one attached hydrogen (secondary N) is 1. The van der Waals surface area contributed by atoms with Gasteiger partial charge in [-0.15, -0.1) is 0 Å². The van der Waals surface area contributed by atoms with Gasteiger partial charge < -0.3 is 5.32 Å². The molecule has 1 N–H and O–H groups in total. The highest BCUT2D eigenvalue weighted by atomic mass is 31.1. The highest BCUT2D eigenvalue weighted by Crippen LogP contribution is 2.35. The first-order valence-corrected chi connectivity index (χ1v) is 8.88. The Labute approximate surface area is 118 Å². The quantitative estimate of drug-likeness (QED) is 0.717. The summed E-state index contributed by atoms with van der Waals surface area (Å²) in [5.74, 6) is 0.933. The monoisotopic (exact) mass is 280 g/mol. The van der Waals surface area contributed by atoms with Crippen molar-refractivity contribution in [2.45, 2.75) is 39.0 Å². The first kappa shape index (κ1) is 16.3. The Hall–Kier alpha value is -0.720. The van der Waals surface area contributed by atoms with Gasteiger partial charge in [-0.25, -0.2) is 0 Å². The molecule has 0 radical (unpaired) electrons. The standard InChI is InChI=1S/C16H27NOP/c1-5-19(18)12-14(10-11-17-4)16-9-7-6-8-15(16)13(2)3/h6-9,13-14,17H,5,10-12H2,1-4H3/q+1.